The quantitative estimate of drug-likeness (QED) is 0.794. The van der Waals surface area contributed by atoms with Crippen LogP contribution in [-0.4, -0.2) is 32.2 Å². The number of ketones is 1. The third-order valence-corrected chi connectivity index (χ3v) is 3.57. The molecule has 0 radical (unpaired) electrons. The number of hydrogen-bond acceptors (Lipinski definition) is 5. The third-order valence-electron chi connectivity index (χ3n) is 3.57. The Hall–Kier alpha value is -2.69. The van der Waals surface area contributed by atoms with Gasteiger partial charge in [0, 0.05) is 12.5 Å². The monoisotopic (exact) mass is 316 g/mol. The summed E-state index contributed by atoms with van der Waals surface area (Å²) < 4.78 is 15.7. The van der Waals surface area contributed by atoms with E-state index < -0.39 is 0 Å². The van der Waals surface area contributed by atoms with Crippen molar-refractivity contribution in [2.75, 3.05) is 21.3 Å². The average Bonchev–Trinajstić information content (AvgIpc) is 2.59. The van der Waals surface area contributed by atoms with E-state index in [0.29, 0.717) is 12.2 Å². The molecular formula is C18H20O5. The Bertz CT molecular complexity index is 680. The fourth-order valence-corrected chi connectivity index (χ4v) is 2.44. The molecule has 0 heterocycles. The molecule has 5 heteroatoms. The molecule has 0 saturated carbocycles. The molecule has 2 aromatic rings. The minimum atomic E-state index is -0.218. The minimum Gasteiger partial charge on any atom is -0.507 e. The molecule has 0 amide bonds. The summed E-state index contributed by atoms with van der Waals surface area (Å²) >= 11 is 0. The third kappa shape index (κ3) is 3.56. The summed E-state index contributed by atoms with van der Waals surface area (Å²) in [6, 6.07) is 11.0. The van der Waals surface area contributed by atoms with Gasteiger partial charge in [0.2, 0.25) is 5.75 Å². The second-order valence-electron chi connectivity index (χ2n) is 4.95. The maximum absolute atomic E-state index is 12.5. The first-order valence-electron chi connectivity index (χ1n) is 7.21. The van der Waals surface area contributed by atoms with Crippen LogP contribution < -0.4 is 14.2 Å². The number of carbonyl (C=O) groups excluding carboxylic acids is 1. The lowest BCUT2D eigenvalue weighted by Gasteiger charge is -2.16. The van der Waals surface area contributed by atoms with Gasteiger partial charge < -0.3 is 19.3 Å². The van der Waals surface area contributed by atoms with Gasteiger partial charge in [-0.2, -0.15) is 0 Å². The number of aryl methyl sites for hydroxylation is 1. The van der Waals surface area contributed by atoms with Crippen LogP contribution in [0, 0.1) is 0 Å². The summed E-state index contributed by atoms with van der Waals surface area (Å²) in [4.78, 5) is 12.5. The Morgan fingerprint density at radius 2 is 1.65 bits per heavy atom. The Kier molecular flexibility index (Phi) is 5.46. The van der Waals surface area contributed by atoms with Crippen LogP contribution in [0.4, 0.5) is 0 Å². The standard InChI is InChI=1S/C18H20O5/c1-21-15-11-14(20)16(18(23-3)17(15)22-2)13(19)10-9-12-7-5-4-6-8-12/h4-8,11,20H,9-10H2,1-3H3. The maximum Gasteiger partial charge on any atom is 0.204 e. The van der Waals surface area contributed by atoms with E-state index in [9.17, 15) is 9.90 Å². The van der Waals surface area contributed by atoms with Crippen LogP contribution in [-0.2, 0) is 6.42 Å². The smallest absolute Gasteiger partial charge is 0.204 e. The Morgan fingerprint density at radius 1 is 1.00 bits per heavy atom. The van der Waals surface area contributed by atoms with Crippen LogP contribution in [0.5, 0.6) is 23.0 Å². The Morgan fingerprint density at radius 3 is 2.22 bits per heavy atom. The van der Waals surface area contributed by atoms with Crippen molar-refractivity contribution in [2.24, 2.45) is 0 Å². The Balaban J connectivity index is 2.32. The van der Waals surface area contributed by atoms with Crippen molar-refractivity contribution in [1.82, 2.24) is 0 Å². The highest BCUT2D eigenvalue weighted by Crippen LogP contribution is 2.45. The number of methoxy groups -OCH3 is 3. The van der Waals surface area contributed by atoms with Crippen molar-refractivity contribution < 1.29 is 24.1 Å². The molecule has 5 nitrogen and oxygen atoms in total. The minimum absolute atomic E-state index is 0.112. The summed E-state index contributed by atoms with van der Waals surface area (Å²) in [7, 11) is 4.33. The Labute approximate surface area is 135 Å². The summed E-state index contributed by atoms with van der Waals surface area (Å²) in [5.41, 5.74) is 1.17. The number of phenols is 1. The average molecular weight is 316 g/mol. The van der Waals surface area contributed by atoms with E-state index in [4.69, 9.17) is 14.2 Å². The van der Waals surface area contributed by atoms with Crippen molar-refractivity contribution in [3.8, 4) is 23.0 Å². The highest BCUT2D eigenvalue weighted by atomic mass is 16.5. The molecule has 0 spiro atoms. The number of Topliss-reactive ketones (excluding diaryl/α,β-unsaturated/α-hetero) is 1. The van der Waals surface area contributed by atoms with Gasteiger partial charge in [-0.15, -0.1) is 0 Å². The lowest BCUT2D eigenvalue weighted by atomic mass is 10.0. The molecule has 0 aromatic heterocycles. The van der Waals surface area contributed by atoms with E-state index in [2.05, 4.69) is 0 Å². The van der Waals surface area contributed by atoms with Gasteiger partial charge in [0.1, 0.15) is 11.3 Å². The normalized spacial score (nSPS) is 10.2. The molecule has 0 aliphatic carbocycles. The predicted octanol–water partition coefficient (Wildman–Crippen LogP) is 3.23. The number of carbonyl (C=O) groups is 1. The fourth-order valence-electron chi connectivity index (χ4n) is 2.44. The lowest BCUT2D eigenvalue weighted by Crippen LogP contribution is -2.06. The molecule has 0 saturated heterocycles. The fraction of sp³-hybridized carbons (Fsp3) is 0.278. The summed E-state index contributed by atoms with van der Waals surface area (Å²) in [5.74, 6) is 0.376. The predicted molar refractivity (Wildman–Crippen MR) is 86.9 cm³/mol. The van der Waals surface area contributed by atoms with Crippen molar-refractivity contribution in [3.05, 3.63) is 47.5 Å². The second-order valence-corrected chi connectivity index (χ2v) is 4.95. The first-order valence-corrected chi connectivity index (χ1v) is 7.21. The van der Waals surface area contributed by atoms with Crippen molar-refractivity contribution in [1.29, 1.82) is 0 Å². The van der Waals surface area contributed by atoms with Gasteiger partial charge in [0.25, 0.3) is 0 Å². The van der Waals surface area contributed by atoms with E-state index in [0.717, 1.165) is 5.56 Å². The number of phenolic OH excluding ortho intramolecular Hbond substituents is 1. The van der Waals surface area contributed by atoms with Crippen molar-refractivity contribution >= 4 is 5.78 Å². The molecule has 0 bridgehead atoms. The van der Waals surface area contributed by atoms with Crippen LogP contribution >= 0.6 is 0 Å². The molecule has 0 fully saturated rings. The summed E-state index contributed by atoms with van der Waals surface area (Å²) in [5, 5.41) is 10.2. The number of ether oxygens (including phenoxy) is 3. The van der Waals surface area contributed by atoms with Crippen LogP contribution in [0.3, 0.4) is 0 Å². The molecule has 0 atom stereocenters. The molecule has 2 rings (SSSR count). The van der Waals surface area contributed by atoms with Crippen molar-refractivity contribution in [3.63, 3.8) is 0 Å². The number of aromatic hydroxyl groups is 1. The van der Waals surface area contributed by atoms with Crippen LogP contribution in [0.2, 0.25) is 0 Å². The molecule has 23 heavy (non-hydrogen) atoms. The van der Waals surface area contributed by atoms with Crippen molar-refractivity contribution in [2.45, 2.75) is 12.8 Å². The van der Waals surface area contributed by atoms with Gasteiger partial charge >= 0.3 is 0 Å². The SMILES string of the molecule is COc1cc(O)c(C(=O)CCc2ccccc2)c(OC)c1OC. The zero-order valence-corrected chi connectivity index (χ0v) is 13.5. The topological polar surface area (TPSA) is 65.0 Å². The first-order chi connectivity index (χ1) is 11.1. The number of benzene rings is 2. The molecular weight excluding hydrogens is 296 g/mol. The summed E-state index contributed by atoms with van der Waals surface area (Å²) in [6.07, 6.45) is 0.833. The van der Waals surface area contributed by atoms with Gasteiger partial charge in [0.15, 0.2) is 17.3 Å². The van der Waals surface area contributed by atoms with E-state index in [1.165, 1.54) is 27.4 Å². The molecule has 0 aliphatic rings. The highest BCUT2D eigenvalue weighted by Gasteiger charge is 2.25. The van der Waals surface area contributed by atoms with Crippen LogP contribution in [0.15, 0.2) is 36.4 Å². The van der Waals surface area contributed by atoms with E-state index in [1.807, 2.05) is 30.3 Å². The van der Waals surface area contributed by atoms with Gasteiger partial charge in [-0.1, -0.05) is 30.3 Å². The van der Waals surface area contributed by atoms with Crippen LogP contribution in [0.1, 0.15) is 22.3 Å². The zero-order chi connectivity index (χ0) is 16.8. The first kappa shape index (κ1) is 16.7. The van der Waals surface area contributed by atoms with Gasteiger partial charge in [-0.3, -0.25) is 4.79 Å². The van der Waals surface area contributed by atoms with E-state index in [1.54, 1.807) is 0 Å². The van der Waals surface area contributed by atoms with Gasteiger partial charge in [0.05, 0.1) is 21.3 Å². The lowest BCUT2D eigenvalue weighted by molar-refractivity contribution is 0.0976. The molecule has 1 N–H and O–H groups in total. The molecule has 0 unspecified atom stereocenters. The second kappa shape index (κ2) is 7.54. The maximum atomic E-state index is 12.5. The van der Waals surface area contributed by atoms with Gasteiger partial charge in [-0.05, 0) is 12.0 Å². The zero-order valence-electron chi connectivity index (χ0n) is 13.5. The number of rotatable bonds is 7. The largest absolute Gasteiger partial charge is 0.507 e. The molecule has 122 valence electrons. The number of hydrogen-bond donors (Lipinski definition) is 1. The van der Waals surface area contributed by atoms with Gasteiger partial charge in [-0.25, -0.2) is 0 Å². The van der Waals surface area contributed by atoms with E-state index >= 15 is 0 Å². The van der Waals surface area contributed by atoms with Crippen LogP contribution in [0.25, 0.3) is 0 Å². The highest BCUT2D eigenvalue weighted by molar-refractivity contribution is 6.02. The molecule has 0 aliphatic heterocycles. The molecule has 2 aromatic carbocycles. The van der Waals surface area contributed by atoms with E-state index in [-0.39, 0.29) is 35.0 Å². The summed E-state index contributed by atoms with van der Waals surface area (Å²) in [6.45, 7) is 0.